The van der Waals surface area contributed by atoms with E-state index in [0.717, 1.165) is 44.9 Å². The molecule has 17 unspecified atom stereocenters. The number of nitrogens with one attached hydrogen (secondary N) is 1. The van der Waals surface area contributed by atoms with E-state index in [1.54, 1.807) is 6.08 Å². The van der Waals surface area contributed by atoms with Crippen LogP contribution in [0.25, 0.3) is 0 Å². The Kier molecular flexibility index (Phi) is 43.5. The Labute approximate surface area is 504 Å². The number of carbonyl (C=O) groups excluding carboxylic acids is 1. The minimum Gasteiger partial charge on any atom is -0.394 e. The number of carbonyl (C=O) groups is 1. The molecular weight excluding hydrogens is 1080 g/mol. The largest absolute Gasteiger partial charge is 0.394 e. The molecule has 0 spiro atoms. The number of unbranched alkanes of at least 4 members (excludes halogenated alkanes) is 30. The molecule has 3 heterocycles. The van der Waals surface area contributed by atoms with Crippen molar-refractivity contribution in [2.75, 3.05) is 26.4 Å². The van der Waals surface area contributed by atoms with E-state index in [1.165, 1.54) is 161 Å². The summed E-state index contributed by atoms with van der Waals surface area (Å²) in [6.45, 7) is 1.71. The van der Waals surface area contributed by atoms with Crippen molar-refractivity contribution in [2.24, 2.45) is 0 Å². The minimum absolute atomic E-state index is 0.236. The predicted molar refractivity (Wildman–Crippen MR) is 323 cm³/mol. The van der Waals surface area contributed by atoms with E-state index in [0.29, 0.717) is 12.8 Å². The van der Waals surface area contributed by atoms with Gasteiger partial charge in [0.1, 0.15) is 73.2 Å². The van der Waals surface area contributed by atoms with Gasteiger partial charge in [-0.15, -0.1) is 0 Å². The molecule has 17 atom stereocenters. The Bertz CT molecular complexity index is 1670. The van der Waals surface area contributed by atoms with Gasteiger partial charge in [0.2, 0.25) is 5.91 Å². The maximum Gasteiger partial charge on any atom is 0.220 e. The van der Waals surface area contributed by atoms with Crippen LogP contribution in [0.5, 0.6) is 0 Å². The summed E-state index contributed by atoms with van der Waals surface area (Å²) >= 11 is 0. The first-order chi connectivity index (χ1) is 40.8. The quantitative estimate of drug-likeness (QED) is 0.0205. The minimum atomic E-state index is -1.98. The fourth-order valence-corrected chi connectivity index (χ4v) is 11.2. The van der Waals surface area contributed by atoms with E-state index in [9.17, 15) is 61.0 Å². The number of hydrogen-bond acceptors (Lipinski definition) is 18. The van der Waals surface area contributed by atoms with E-state index in [1.807, 2.05) is 6.08 Å². The van der Waals surface area contributed by atoms with Crippen LogP contribution in [0.2, 0.25) is 0 Å². The van der Waals surface area contributed by atoms with Gasteiger partial charge in [-0.3, -0.25) is 4.79 Å². The molecule has 0 aromatic heterocycles. The van der Waals surface area contributed by atoms with Gasteiger partial charge in [-0.05, 0) is 44.9 Å². The van der Waals surface area contributed by atoms with Crippen LogP contribution in [0.3, 0.4) is 0 Å². The van der Waals surface area contributed by atoms with Gasteiger partial charge in [-0.1, -0.05) is 224 Å². The lowest BCUT2D eigenvalue weighted by atomic mass is 9.96. The molecule has 12 N–H and O–H groups in total. The van der Waals surface area contributed by atoms with Crippen LogP contribution in [-0.4, -0.2) is 193 Å². The molecule has 0 aliphatic carbocycles. The molecule has 0 aromatic rings. The zero-order chi connectivity index (χ0) is 61.2. The van der Waals surface area contributed by atoms with Crippen molar-refractivity contribution in [1.29, 1.82) is 0 Å². The highest BCUT2D eigenvalue weighted by molar-refractivity contribution is 5.76. The van der Waals surface area contributed by atoms with Gasteiger partial charge in [0.05, 0.1) is 38.6 Å². The molecule has 0 saturated carbocycles. The van der Waals surface area contributed by atoms with E-state index in [2.05, 4.69) is 43.5 Å². The summed E-state index contributed by atoms with van der Waals surface area (Å²) in [6.07, 6.45) is 26.9. The number of rotatable bonds is 50. The van der Waals surface area contributed by atoms with Crippen molar-refractivity contribution in [2.45, 2.75) is 343 Å². The van der Waals surface area contributed by atoms with Crippen LogP contribution < -0.4 is 5.32 Å². The van der Waals surface area contributed by atoms with Crippen LogP contribution in [-0.2, 0) is 33.2 Å². The van der Waals surface area contributed by atoms with Crippen LogP contribution >= 0.6 is 0 Å². The molecule has 492 valence electrons. The molecule has 19 heteroatoms. The van der Waals surface area contributed by atoms with Crippen molar-refractivity contribution < 1.29 is 89.4 Å². The second-order valence-corrected chi connectivity index (χ2v) is 23.9. The molecule has 3 fully saturated rings. The van der Waals surface area contributed by atoms with Gasteiger partial charge < -0.3 is 89.9 Å². The van der Waals surface area contributed by atoms with Crippen molar-refractivity contribution >= 4 is 5.91 Å². The molecule has 3 saturated heterocycles. The third-order valence-corrected chi connectivity index (χ3v) is 16.7. The Balaban J connectivity index is 1.47. The Morgan fingerprint density at radius 2 is 0.762 bits per heavy atom. The Morgan fingerprint density at radius 3 is 1.19 bits per heavy atom. The number of aliphatic hydroxyl groups excluding tert-OH is 11. The maximum absolute atomic E-state index is 13.4. The normalized spacial score (nSPS) is 29.4. The predicted octanol–water partition coefficient (Wildman–Crippen LogP) is 7.66. The third-order valence-electron chi connectivity index (χ3n) is 16.7. The van der Waals surface area contributed by atoms with Gasteiger partial charge in [-0.25, -0.2) is 0 Å². The molecule has 1 amide bonds. The first-order valence-corrected chi connectivity index (χ1v) is 33.2. The topological polar surface area (TPSA) is 307 Å². The average Bonchev–Trinajstić information content (AvgIpc) is 2.79. The molecule has 0 bridgehead atoms. The zero-order valence-corrected chi connectivity index (χ0v) is 51.6. The summed E-state index contributed by atoms with van der Waals surface area (Å²) in [5.41, 5.74) is 0. The molecule has 19 nitrogen and oxygen atoms in total. The van der Waals surface area contributed by atoms with Gasteiger partial charge in [0.15, 0.2) is 18.9 Å². The van der Waals surface area contributed by atoms with Crippen molar-refractivity contribution in [1.82, 2.24) is 5.32 Å². The summed E-state index contributed by atoms with van der Waals surface area (Å²) < 4.78 is 34.3. The monoisotopic (exact) mass is 1200 g/mol. The first-order valence-electron chi connectivity index (χ1n) is 33.2. The molecule has 3 aliphatic heterocycles. The van der Waals surface area contributed by atoms with Gasteiger partial charge in [-0.2, -0.15) is 0 Å². The third kappa shape index (κ3) is 30.5. The summed E-state index contributed by atoms with van der Waals surface area (Å²) in [6, 6.07) is -0.993. The Morgan fingerprint density at radius 1 is 0.417 bits per heavy atom. The lowest BCUT2D eigenvalue weighted by Crippen LogP contribution is -2.66. The van der Waals surface area contributed by atoms with Crippen LogP contribution in [0.15, 0.2) is 36.5 Å². The molecule has 3 rings (SSSR count). The number of amides is 1. The standard InChI is InChI=1S/C65H119NO18/c1-3-5-7-9-11-13-15-17-19-21-22-23-24-25-27-29-31-33-35-37-39-41-43-53(71)66-48(49(70)42-40-38-36-34-32-30-28-26-20-18-16-14-12-10-8-6-4-2)47-79-63-59(77)56(74)61(51(45-68)81-63)84-65-60(78)57(75)62(52(46-69)82-65)83-64-58(76)55(73)54(72)50(44-67)80-64/h20,26,32,34,40,42,48-52,54-65,67-70,72-78H,3-19,21-25,27-31,33,35-39,41,43-47H2,1-2H3,(H,66,71)/b26-20+,34-32+,42-40+. The average molecular weight is 1200 g/mol. The summed E-state index contributed by atoms with van der Waals surface area (Å²) in [4.78, 5) is 13.4. The van der Waals surface area contributed by atoms with Crippen LogP contribution in [0.1, 0.15) is 239 Å². The molecule has 3 aliphatic rings. The smallest absolute Gasteiger partial charge is 0.220 e. The Hall–Kier alpha value is -1.99. The van der Waals surface area contributed by atoms with Crippen molar-refractivity contribution in [3.63, 3.8) is 0 Å². The summed E-state index contributed by atoms with van der Waals surface area (Å²) in [7, 11) is 0. The number of hydrogen-bond donors (Lipinski definition) is 12. The number of aliphatic hydroxyl groups is 11. The summed E-state index contributed by atoms with van der Waals surface area (Å²) in [5.74, 6) is -0.286. The van der Waals surface area contributed by atoms with E-state index in [4.69, 9.17) is 28.4 Å². The van der Waals surface area contributed by atoms with Crippen molar-refractivity contribution in [3.8, 4) is 0 Å². The van der Waals surface area contributed by atoms with Crippen LogP contribution in [0, 0.1) is 0 Å². The number of allylic oxidation sites excluding steroid dienone is 5. The van der Waals surface area contributed by atoms with Gasteiger partial charge in [0.25, 0.3) is 0 Å². The van der Waals surface area contributed by atoms with E-state index >= 15 is 0 Å². The fourth-order valence-electron chi connectivity index (χ4n) is 11.2. The second-order valence-electron chi connectivity index (χ2n) is 23.9. The molecule has 0 aromatic carbocycles. The van der Waals surface area contributed by atoms with E-state index in [-0.39, 0.29) is 18.9 Å². The maximum atomic E-state index is 13.4. The van der Waals surface area contributed by atoms with E-state index < -0.39 is 124 Å². The molecule has 84 heavy (non-hydrogen) atoms. The lowest BCUT2D eigenvalue weighted by molar-refractivity contribution is -0.379. The first kappa shape index (κ1) is 76.3. The number of ether oxygens (including phenoxy) is 6. The van der Waals surface area contributed by atoms with Crippen LogP contribution in [0.4, 0.5) is 0 Å². The molecule has 0 radical (unpaired) electrons. The highest BCUT2D eigenvalue weighted by Crippen LogP contribution is 2.33. The highest BCUT2D eigenvalue weighted by Gasteiger charge is 2.53. The SMILES string of the molecule is CCCCCCCCC/C=C/CC/C=C/CC/C=C/C(O)C(COC1OC(CO)C(OC2OC(CO)C(OC3OC(CO)C(O)C(O)C3O)C(O)C2O)C(O)C1O)NC(=O)CCCCCCCCCCCCCCCCCCCCCCCC. The van der Waals surface area contributed by atoms with Crippen molar-refractivity contribution in [3.05, 3.63) is 36.5 Å². The highest BCUT2D eigenvalue weighted by atomic mass is 16.8. The van der Waals surface area contributed by atoms with Gasteiger partial charge >= 0.3 is 0 Å². The van der Waals surface area contributed by atoms with Gasteiger partial charge in [0, 0.05) is 6.42 Å². The lowest BCUT2D eigenvalue weighted by Gasteiger charge is -2.48. The zero-order valence-electron chi connectivity index (χ0n) is 51.6. The summed E-state index contributed by atoms with van der Waals surface area (Å²) in [5, 5.41) is 120. The fraction of sp³-hybridized carbons (Fsp3) is 0.892. The molecular formula is C65H119NO18. The second kappa shape index (κ2) is 47.9.